The summed E-state index contributed by atoms with van der Waals surface area (Å²) in [6, 6.07) is 11.7. The molecule has 0 bridgehead atoms. The summed E-state index contributed by atoms with van der Waals surface area (Å²) in [5.74, 6) is 0. The van der Waals surface area contributed by atoms with E-state index < -0.39 is 4.92 Å². The van der Waals surface area contributed by atoms with E-state index in [9.17, 15) is 14.9 Å². The molecular formula is C13H8ClNO3S. The molecule has 0 radical (unpaired) electrons. The molecule has 2 rings (SSSR count). The van der Waals surface area contributed by atoms with E-state index in [0.29, 0.717) is 11.3 Å². The molecule has 2 aromatic carbocycles. The molecule has 96 valence electrons. The molecule has 2 aromatic rings. The zero-order valence-electron chi connectivity index (χ0n) is 9.58. The third-order valence-electron chi connectivity index (χ3n) is 2.35. The molecule has 0 aliphatic carbocycles. The highest BCUT2D eigenvalue weighted by Crippen LogP contribution is 2.31. The predicted octanol–water partition coefficient (Wildman–Crippen LogP) is 4.21. The zero-order valence-corrected chi connectivity index (χ0v) is 11.1. The van der Waals surface area contributed by atoms with Crippen molar-refractivity contribution in [1.29, 1.82) is 0 Å². The van der Waals surface area contributed by atoms with Crippen LogP contribution in [0.4, 0.5) is 5.69 Å². The molecule has 0 saturated carbocycles. The molecule has 0 unspecified atom stereocenters. The Labute approximate surface area is 118 Å². The van der Waals surface area contributed by atoms with Gasteiger partial charge in [-0.2, -0.15) is 0 Å². The van der Waals surface area contributed by atoms with Crippen molar-refractivity contribution in [2.45, 2.75) is 9.79 Å². The summed E-state index contributed by atoms with van der Waals surface area (Å²) in [4.78, 5) is 22.6. The summed E-state index contributed by atoms with van der Waals surface area (Å²) in [5, 5.41) is 11.3. The van der Waals surface area contributed by atoms with E-state index in [-0.39, 0.29) is 11.3 Å². The molecule has 0 aliphatic rings. The van der Waals surface area contributed by atoms with Crippen molar-refractivity contribution in [2.24, 2.45) is 0 Å². The fraction of sp³-hybridized carbons (Fsp3) is 0. The maximum Gasteiger partial charge on any atom is 0.279 e. The fourth-order valence-corrected chi connectivity index (χ4v) is 2.70. The van der Waals surface area contributed by atoms with Gasteiger partial charge in [0.2, 0.25) is 0 Å². The Morgan fingerprint density at radius 2 is 1.89 bits per heavy atom. The quantitative estimate of drug-likeness (QED) is 0.481. The van der Waals surface area contributed by atoms with E-state index in [2.05, 4.69) is 0 Å². The van der Waals surface area contributed by atoms with Crippen LogP contribution in [-0.2, 0) is 0 Å². The molecule has 0 N–H and O–H groups in total. The first-order valence-corrected chi connectivity index (χ1v) is 6.46. The van der Waals surface area contributed by atoms with Crippen molar-refractivity contribution in [1.82, 2.24) is 0 Å². The molecule has 6 heteroatoms. The predicted molar refractivity (Wildman–Crippen MR) is 74.1 cm³/mol. The lowest BCUT2D eigenvalue weighted by Gasteiger charge is -2.03. The number of hydrogen-bond acceptors (Lipinski definition) is 4. The summed E-state index contributed by atoms with van der Waals surface area (Å²) in [6.07, 6.45) is 0.486. The van der Waals surface area contributed by atoms with Gasteiger partial charge < -0.3 is 0 Å². The second-order valence-electron chi connectivity index (χ2n) is 3.66. The minimum Gasteiger partial charge on any atom is -0.298 e. The van der Waals surface area contributed by atoms with Crippen molar-refractivity contribution in [3.05, 3.63) is 63.2 Å². The van der Waals surface area contributed by atoms with Gasteiger partial charge in [-0.05, 0) is 30.3 Å². The van der Waals surface area contributed by atoms with Crippen LogP contribution in [0.1, 0.15) is 10.4 Å². The normalized spacial score (nSPS) is 10.2. The Morgan fingerprint density at radius 3 is 2.53 bits per heavy atom. The Hall–Kier alpha value is -1.85. The monoisotopic (exact) mass is 293 g/mol. The third kappa shape index (κ3) is 3.33. The first-order valence-electron chi connectivity index (χ1n) is 5.27. The summed E-state index contributed by atoms with van der Waals surface area (Å²) >= 11 is 7.26. The molecule has 0 amide bonds. The van der Waals surface area contributed by atoms with Crippen LogP contribution in [-0.4, -0.2) is 11.2 Å². The lowest BCUT2D eigenvalue weighted by Crippen LogP contribution is -1.94. The van der Waals surface area contributed by atoms with Gasteiger partial charge in [-0.1, -0.05) is 29.4 Å². The lowest BCUT2D eigenvalue weighted by atomic mass is 10.2. The van der Waals surface area contributed by atoms with E-state index in [1.165, 1.54) is 23.9 Å². The topological polar surface area (TPSA) is 60.2 Å². The van der Waals surface area contributed by atoms with Crippen molar-refractivity contribution < 1.29 is 9.72 Å². The number of halogens is 1. The van der Waals surface area contributed by atoms with E-state index in [1.807, 2.05) is 12.1 Å². The molecule has 0 saturated heterocycles. The smallest absolute Gasteiger partial charge is 0.279 e. The molecule has 0 spiro atoms. The Balaban J connectivity index is 2.31. The highest BCUT2D eigenvalue weighted by atomic mass is 35.5. The lowest BCUT2D eigenvalue weighted by molar-refractivity contribution is -0.385. The zero-order chi connectivity index (χ0) is 13.8. The average Bonchev–Trinajstić information content (AvgIpc) is 2.38. The van der Waals surface area contributed by atoms with Crippen LogP contribution in [0.3, 0.4) is 0 Å². The standard InChI is InChI=1S/C13H8ClNO3S/c14-10-2-1-3-11(7-10)19-12-4-5-13(15(17)18)9(6-12)8-16/h1-8H. The van der Waals surface area contributed by atoms with Crippen LogP contribution in [0.25, 0.3) is 0 Å². The van der Waals surface area contributed by atoms with Crippen LogP contribution < -0.4 is 0 Å². The minimum atomic E-state index is -0.572. The molecular weight excluding hydrogens is 286 g/mol. The van der Waals surface area contributed by atoms with Gasteiger partial charge in [-0.25, -0.2) is 0 Å². The van der Waals surface area contributed by atoms with Gasteiger partial charge in [0.15, 0.2) is 6.29 Å². The number of carbonyl (C=O) groups excluding carboxylic acids is 1. The number of aldehydes is 1. The summed E-state index contributed by atoms with van der Waals surface area (Å²) < 4.78 is 0. The van der Waals surface area contributed by atoms with Gasteiger partial charge in [-0.3, -0.25) is 14.9 Å². The fourth-order valence-electron chi connectivity index (χ4n) is 1.52. The van der Waals surface area contributed by atoms with E-state index in [0.717, 1.165) is 9.79 Å². The van der Waals surface area contributed by atoms with E-state index >= 15 is 0 Å². The summed E-state index contributed by atoms with van der Waals surface area (Å²) in [6.45, 7) is 0. The molecule has 0 atom stereocenters. The molecule has 0 heterocycles. The van der Waals surface area contributed by atoms with Crippen LogP contribution in [0.2, 0.25) is 5.02 Å². The van der Waals surface area contributed by atoms with Crippen LogP contribution >= 0.6 is 23.4 Å². The Kier molecular flexibility index (Phi) is 4.19. The highest BCUT2D eigenvalue weighted by molar-refractivity contribution is 7.99. The number of nitro benzene ring substituents is 1. The maximum atomic E-state index is 10.9. The number of nitro groups is 1. The molecule has 0 fully saturated rings. The van der Waals surface area contributed by atoms with Crippen LogP contribution in [0.5, 0.6) is 0 Å². The van der Waals surface area contributed by atoms with Gasteiger partial charge >= 0.3 is 0 Å². The molecule has 0 aromatic heterocycles. The van der Waals surface area contributed by atoms with Crippen molar-refractivity contribution in [3.63, 3.8) is 0 Å². The molecule has 19 heavy (non-hydrogen) atoms. The maximum absolute atomic E-state index is 10.9. The van der Waals surface area contributed by atoms with Crippen LogP contribution in [0, 0.1) is 10.1 Å². The van der Waals surface area contributed by atoms with Gasteiger partial charge in [0.25, 0.3) is 5.69 Å². The van der Waals surface area contributed by atoms with Gasteiger partial charge in [0, 0.05) is 20.9 Å². The summed E-state index contributed by atoms with van der Waals surface area (Å²) in [5.41, 5.74) is -0.123. The second-order valence-corrected chi connectivity index (χ2v) is 5.24. The van der Waals surface area contributed by atoms with Crippen molar-refractivity contribution >= 4 is 35.3 Å². The number of carbonyl (C=O) groups is 1. The molecule has 4 nitrogen and oxygen atoms in total. The number of hydrogen-bond donors (Lipinski definition) is 0. The number of nitrogens with zero attached hydrogens (tertiary/aromatic N) is 1. The first kappa shape index (κ1) is 13.6. The highest BCUT2D eigenvalue weighted by Gasteiger charge is 2.13. The summed E-state index contributed by atoms with van der Waals surface area (Å²) in [7, 11) is 0. The number of benzene rings is 2. The Bertz CT molecular complexity index is 646. The van der Waals surface area contributed by atoms with Gasteiger partial charge in [-0.15, -0.1) is 0 Å². The van der Waals surface area contributed by atoms with Gasteiger partial charge in [0.05, 0.1) is 10.5 Å². The van der Waals surface area contributed by atoms with E-state index in [1.54, 1.807) is 18.2 Å². The Morgan fingerprint density at radius 1 is 1.16 bits per heavy atom. The second kappa shape index (κ2) is 5.86. The first-order chi connectivity index (χ1) is 9.10. The average molecular weight is 294 g/mol. The van der Waals surface area contributed by atoms with Crippen LogP contribution in [0.15, 0.2) is 52.3 Å². The van der Waals surface area contributed by atoms with Crippen molar-refractivity contribution in [2.75, 3.05) is 0 Å². The van der Waals surface area contributed by atoms with Gasteiger partial charge in [0.1, 0.15) is 0 Å². The third-order valence-corrected chi connectivity index (χ3v) is 3.57. The van der Waals surface area contributed by atoms with Crippen molar-refractivity contribution in [3.8, 4) is 0 Å². The van der Waals surface area contributed by atoms with E-state index in [4.69, 9.17) is 11.6 Å². The minimum absolute atomic E-state index is 0.0667. The number of rotatable bonds is 4. The SMILES string of the molecule is O=Cc1cc(Sc2cccc(Cl)c2)ccc1[N+](=O)[O-]. The largest absolute Gasteiger partial charge is 0.298 e. The molecule has 0 aliphatic heterocycles.